The second-order valence-corrected chi connectivity index (χ2v) is 5.62. The van der Waals surface area contributed by atoms with Gasteiger partial charge in [0.05, 0.1) is 4.90 Å². The maximum Gasteiger partial charge on any atom is 0.323 e. The van der Waals surface area contributed by atoms with Crippen LogP contribution in [0.5, 0.6) is 0 Å². The number of thiol groups is 1. The van der Waals surface area contributed by atoms with E-state index in [-0.39, 0.29) is 10.6 Å². The summed E-state index contributed by atoms with van der Waals surface area (Å²) in [5.41, 5.74) is 5.83. The van der Waals surface area contributed by atoms with Gasteiger partial charge in [0.2, 0.25) is 0 Å². The molecular formula is C9H11NO4S2. The molecule has 0 aliphatic rings. The molecule has 0 aliphatic heterocycles. The van der Waals surface area contributed by atoms with Crippen LogP contribution in [0.15, 0.2) is 29.2 Å². The highest BCUT2D eigenvalue weighted by Crippen LogP contribution is 2.18. The van der Waals surface area contributed by atoms with Crippen LogP contribution in [0.2, 0.25) is 0 Å². The third kappa shape index (κ3) is 2.48. The zero-order valence-corrected chi connectivity index (χ0v) is 9.91. The van der Waals surface area contributed by atoms with Crippen LogP contribution in [0.25, 0.3) is 0 Å². The maximum absolute atomic E-state index is 11.8. The lowest BCUT2D eigenvalue weighted by molar-refractivity contribution is -0.136. The molecule has 0 spiro atoms. The average Bonchev–Trinajstić information content (AvgIpc) is 2.18. The molecule has 1 aromatic carbocycles. The van der Waals surface area contributed by atoms with Crippen molar-refractivity contribution in [2.75, 3.05) is 11.5 Å². The van der Waals surface area contributed by atoms with Crippen LogP contribution in [0, 0.1) is 0 Å². The SMILES string of the molecule is Nc1ccc(S(=O)(=O)C(CS)C(=O)O)cc1. The molecule has 88 valence electrons. The van der Waals surface area contributed by atoms with E-state index in [1.165, 1.54) is 24.3 Å². The zero-order chi connectivity index (χ0) is 12.3. The Hall–Kier alpha value is -1.21. The predicted octanol–water partition coefficient (Wildman–Crippen LogP) is 0.426. The van der Waals surface area contributed by atoms with Gasteiger partial charge < -0.3 is 10.8 Å². The van der Waals surface area contributed by atoms with Crippen molar-refractivity contribution in [2.45, 2.75) is 10.1 Å². The molecule has 0 aromatic heterocycles. The smallest absolute Gasteiger partial charge is 0.323 e. The van der Waals surface area contributed by atoms with E-state index in [1.807, 2.05) is 0 Å². The molecule has 1 rings (SSSR count). The Bertz CT molecular complexity index is 481. The first-order valence-electron chi connectivity index (χ1n) is 4.32. The van der Waals surface area contributed by atoms with E-state index >= 15 is 0 Å². The Balaban J connectivity index is 3.20. The normalized spacial score (nSPS) is 13.3. The lowest BCUT2D eigenvalue weighted by Crippen LogP contribution is -2.31. The summed E-state index contributed by atoms with van der Waals surface area (Å²) in [7, 11) is -3.90. The molecule has 1 aromatic rings. The van der Waals surface area contributed by atoms with E-state index in [0.717, 1.165) is 0 Å². The van der Waals surface area contributed by atoms with Crippen LogP contribution in [0.4, 0.5) is 5.69 Å². The lowest BCUT2D eigenvalue weighted by atomic mass is 10.3. The minimum atomic E-state index is -3.90. The molecule has 0 saturated carbocycles. The molecule has 3 N–H and O–H groups in total. The minimum absolute atomic E-state index is 0.0665. The van der Waals surface area contributed by atoms with Crippen molar-refractivity contribution >= 4 is 34.1 Å². The lowest BCUT2D eigenvalue weighted by Gasteiger charge is -2.10. The summed E-state index contributed by atoms with van der Waals surface area (Å²) in [4.78, 5) is 10.7. The summed E-state index contributed by atoms with van der Waals surface area (Å²) in [6.07, 6.45) is 0. The fourth-order valence-corrected chi connectivity index (χ4v) is 3.18. The Kier molecular flexibility index (Phi) is 3.82. The highest BCUT2D eigenvalue weighted by molar-refractivity contribution is 7.94. The molecule has 7 heteroatoms. The standard InChI is InChI=1S/C9H11NO4S2/c10-6-1-3-7(4-2-6)16(13,14)8(5-15)9(11)12/h1-4,8,15H,5,10H2,(H,11,12). The van der Waals surface area contributed by atoms with Gasteiger partial charge in [-0.2, -0.15) is 12.6 Å². The monoisotopic (exact) mass is 261 g/mol. The first-order valence-corrected chi connectivity index (χ1v) is 6.50. The molecule has 0 fully saturated rings. The van der Waals surface area contributed by atoms with Crippen LogP contribution in [-0.2, 0) is 14.6 Å². The second kappa shape index (κ2) is 4.75. The number of carbonyl (C=O) groups is 1. The summed E-state index contributed by atoms with van der Waals surface area (Å²) >= 11 is 3.73. The van der Waals surface area contributed by atoms with Crippen molar-refractivity contribution in [3.8, 4) is 0 Å². The summed E-state index contributed by atoms with van der Waals surface area (Å²) in [5, 5.41) is 7.23. The van der Waals surface area contributed by atoms with Gasteiger partial charge in [-0.1, -0.05) is 0 Å². The number of carboxylic acids is 1. The maximum atomic E-state index is 11.8. The van der Waals surface area contributed by atoms with E-state index in [9.17, 15) is 13.2 Å². The molecule has 0 bridgehead atoms. The number of sulfone groups is 1. The summed E-state index contributed by atoms with van der Waals surface area (Å²) < 4.78 is 23.7. The number of anilines is 1. The molecule has 5 nitrogen and oxygen atoms in total. The third-order valence-electron chi connectivity index (χ3n) is 2.02. The van der Waals surface area contributed by atoms with Crippen molar-refractivity contribution < 1.29 is 18.3 Å². The van der Waals surface area contributed by atoms with Crippen LogP contribution in [0.3, 0.4) is 0 Å². The number of rotatable bonds is 4. The third-order valence-corrected chi connectivity index (χ3v) is 4.68. The fraction of sp³-hybridized carbons (Fsp3) is 0.222. The van der Waals surface area contributed by atoms with Gasteiger partial charge in [-0.3, -0.25) is 4.79 Å². The van der Waals surface area contributed by atoms with Crippen molar-refractivity contribution in [3.63, 3.8) is 0 Å². The van der Waals surface area contributed by atoms with Gasteiger partial charge in [-0.15, -0.1) is 0 Å². The van der Waals surface area contributed by atoms with E-state index < -0.39 is 21.1 Å². The van der Waals surface area contributed by atoms with E-state index in [0.29, 0.717) is 5.69 Å². The Labute approximate surface area is 98.6 Å². The van der Waals surface area contributed by atoms with Gasteiger partial charge in [0.25, 0.3) is 0 Å². The highest BCUT2D eigenvalue weighted by Gasteiger charge is 2.32. The molecule has 0 radical (unpaired) electrons. The average molecular weight is 261 g/mol. The summed E-state index contributed by atoms with van der Waals surface area (Å²) in [5.74, 6) is -1.69. The Morgan fingerprint density at radius 2 is 1.88 bits per heavy atom. The predicted molar refractivity (Wildman–Crippen MR) is 63.3 cm³/mol. The molecule has 16 heavy (non-hydrogen) atoms. The van der Waals surface area contributed by atoms with Gasteiger partial charge in [0.1, 0.15) is 0 Å². The van der Waals surface area contributed by atoms with Crippen molar-refractivity contribution in [3.05, 3.63) is 24.3 Å². The van der Waals surface area contributed by atoms with E-state index in [1.54, 1.807) is 0 Å². The minimum Gasteiger partial charge on any atom is -0.480 e. The van der Waals surface area contributed by atoms with Crippen molar-refractivity contribution in [1.82, 2.24) is 0 Å². The number of hydrogen-bond acceptors (Lipinski definition) is 5. The molecule has 1 atom stereocenters. The number of benzene rings is 1. The number of hydrogen-bond donors (Lipinski definition) is 3. The van der Waals surface area contributed by atoms with Crippen LogP contribution in [-0.4, -0.2) is 30.5 Å². The fourth-order valence-electron chi connectivity index (χ4n) is 1.13. The van der Waals surface area contributed by atoms with E-state index in [2.05, 4.69) is 12.6 Å². The van der Waals surface area contributed by atoms with Crippen LogP contribution < -0.4 is 5.73 Å². The van der Waals surface area contributed by atoms with Gasteiger partial charge >= 0.3 is 5.97 Å². The number of nitrogen functional groups attached to an aromatic ring is 1. The first-order chi connectivity index (χ1) is 7.39. The van der Waals surface area contributed by atoms with E-state index in [4.69, 9.17) is 10.8 Å². The first kappa shape index (κ1) is 12.9. The highest BCUT2D eigenvalue weighted by atomic mass is 32.2. The molecule has 0 amide bonds. The number of carboxylic acid groups (broad SMARTS) is 1. The molecule has 0 heterocycles. The summed E-state index contributed by atoms with van der Waals surface area (Å²) in [6.45, 7) is 0. The Morgan fingerprint density at radius 3 is 2.25 bits per heavy atom. The van der Waals surface area contributed by atoms with Crippen molar-refractivity contribution in [2.24, 2.45) is 0 Å². The molecule has 0 saturated heterocycles. The van der Waals surface area contributed by atoms with Crippen LogP contribution >= 0.6 is 12.6 Å². The van der Waals surface area contributed by atoms with Crippen molar-refractivity contribution in [1.29, 1.82) is 0 Å². The van der Waals surface area contributed by atoms with Gasteiger partial charge in [0, 0.05) is 11.4 Å². The molecule has 0 aliphatic carbocycles. The molecular weight excluding hydrogens is 250 g/mol. The topological polar surface area (TPSA) is 97.5 Å². The Morgan fingerprint density at radius 1 is 1.38 bits per heavy atom. The number of nitrogens with two attached hydrogens (primary N) is 1. The van der Waals surface area contributed by atoms with Gasteiger partial charge in [-0.05, 0) is 24.3 Å². The number of aliphatic carboxylic acids is 1. The summed E-state index contributed by atoms with van der Waals surface area (Å²) in [6, 6.07) is 5.38. The van der Waals surface area contributed by atoms with Gasteiger partial charge in [0.15, 0.2) is 15.1 Å². The molecule has 1 unspecified atom stereocenters. The largest absolute Gasteiger partial charge is 0.480 e. The zero-order valence-electron chi connectivity index (χ0n) is 8.20. The van der Waals surface area contributed by atoms with Crippen LogP contribution in [0.1, 0.15) is 0 Å². The second-order valence-electron chi connectivity index (χ2n) is 3.12. The quantitative estimate of drug-likeness (QED) is 0.539. The van der Waals surface area contributed by atoms with Gasteiger partial charge in [-0.25, -0.2) is 8.42 Å².